The van der Waals surface area contributed by atoms with Gasteiger partial charge in [0.1, 0.15) is 17.4 Å². The van der Waals surface area contributed by atoms with E-state index >= 15 is 0 Å². The van der Waals surface area contributed by atoms with Crippen molar-refractivity contribution in [3.63, 3.8) is 0 Å². The lowest BCUT2D eigenvalue weighted by atomic mass is 10.2. The summed E-state index contributed by atoms with van der Waals surface area (Å²) in [7, 11) is 0. The van der Waals surface area contributed by atoms with Gasteiger partial charge in [-0.3, -0.25) is 4.79 Å². The number of fused-ring (bicyclic) bond motifs is 1. The predicted molar refractivity (Wildman–Crippen MR) is 82.6 cm³/mol. The van der Waals surface area contributed by atoms with Gasteiger partial charge in [0.05, 0.1) is 12.6 Å². The minimum atomic E-state index is -0.421. The summed E-state index contributed by atoms with van der Waals surface area (Å²) in [6, 6.07) is 9.58. The molecule has 5 nitrogen and oxygen atoms in total. The predicted octanol–water partition coefficient (Wildman–Crippen LogP) is 2.02. The molecule has 3 rings (SSSR count). The fourth-order valence-corrected chi connectivity index (χ4v) is 2.33. The van der Waals surface area contributed by atoms with Crippen LogP contribution < -0.4 is 10.6 Å². The number of carbonyl (C=O) groups is 1. The number of amides is 1. The van der Waals surface area contributed by atoms with Crippen LogP contribution in [0.5, 0.6) is 0 Å². The van der Waals surface area contributed by atoms with E-state index in [1.165, 1.54) is 0 Å². The molecule has 1 aromatic carbocycles. The molecule has 1 amide bonds. The number of hydrogen-bond donors (Lipinski definition) is 2. The third kappa shape index (κ3) is 3.56. The van der Waals surface area contributed by atoms with Gasteiger partial charge in [-0.2, -0.15) is 0 Å². The van der Waals surface area contributed by atoms with Crippen LogP contribution >= 0.6 is 12.4 Å². The standard InChI is InChI=1S/C15H18N2O3.ClH/c1-10(17-15(18)14-9-16-6-7-19-14)13-8-11-4-2-3-5-12(11)20-13;/h2-5,8,10,14,16H,6-7,9H2,1H3,(H,17,18);1H. The molecule has 1 aliphatic heterocycles. The zero-order chi connectivity index (χ0) is 13.9. The van der Waals surface area contributed by atoms with E-state index in [-0.39, 0.29) is 24.4 Å². The molecule has 0 saturated carbocycles. The summed E-state index contributed by atoms with van der Waals surface area (Å²) in [5, 5.41) is 7.11. The third-order valence-corrected chi connectivity index (χ3v) is 3.45. The third-order valence-electron chi connectivity index (χ3n) is 3.45. The molecule has 1 aromatic heterocycles. The van der Waals surface area contributed by atoms with Gasteiger partial charge in [-0.25, -0.2) is 0 Å². The van der Waals surface area contributed by atoms with Gasteiger partial charge < -0.3 is 19.8 Å². The first-order chi connectivity index (χ1) is 9.74. The Morgan fingerprint density at radius 1 is 1.43 bits per heavy atom. The summed E-state index contributed by atoms with van der Waals surface area (Å²) < 4.78 is 11.2. The molecule has 1 saturated heterocycles. The maximum Gasteiger partial charge on any atom is 0.251 e. The van der Waals surface area contributed by atoms with E-state index in [9.17, 15) is 4.79 Å². The van der Waals surface area contributed by atoms with E-state index in [0.29, 0.717) is 13.2 Å². The molecule has 1 aliphatic rings. The van der Waals surface area contributed by atoms with Gasteiger partial charge in [-0.15, -0.1) is 12.4 Å². The van der Waals surface area contributed by atoms with Crippen molar-refractivity contribution in [3.05, 3.63) is 36.1 Å². The fourth-order valence-electron chi connectivity index (χ4n) is 2.33. The van der Waals surface area contributed by atoms with Crippen molar-refractivity contribution < 1.29 is 13.9 Å². The molecule has 2 aromatic rings. The highest BCUT2D eigenvalue weighted by molar-refractivity contribution is 5.85. The van der Waals surface area contributed by atoms with E-state index in [2.05, 4.69) is 10.6 Å². The zero-order valence-corrected chi connectivity index (χ0v) is 12.6. The van der Waals surface area contributed by atoms with Crippen molar-refractivity contribution in [1.82, 2.24) is 10.6 Å². The summed E-state index contributed by atoms with van der Waals surface area (Å²) >= 11 is 0. The maximum absolute atomic E-state index is 12.1. The van der Waals surface area contributed by atoms with Gasteiger partial charge in [0.25, 0.3) is 5.91 Å². The Balaban J connectivity index is 0.00000161. The number of rotatable bonds is 3. The van der Waals surface area contributed by atoms with Gasteiger partial charge in [0, 0.05) is 18.5 Å². The average molecular weight is 311 g/mol. The Bertz CT molecular complexity index is 575. The number of benzene rings is 1. The molecule has 2 N–H and O–H groups in total. The van der Waals surface area contributed by atoms with E-state index in [1.54, 1.807) is 0 Å². The second-order valence-electron chi connectivity index (χ2n) is 4.98. The highest BCUT2D eigenvalue weighted by Gasteiger charge is 2.24. The van der Waals surface area contributed by atoms with Crippen LogP contribution in [0.1, 0.15) is 18.7 Å². The van der Waals surface area contributed by atoms with E-state index in [1.807, 2.05) is 37.3 Å². The van der Waals surface area contributed by atoms with Gasteiger partial charge in [0.15, 0.2) is 0 Å². The normalized spacial score (nSPS) is 19.8. The van der Waals surface area contributed by atoms with Crippen molar-refractivity contribution in [2.75, 3.05) is 19.7 Å². The summed E-state index contributed by atoms with van der Waals surface area (Å²) in [4.78, 5) is 12.1. The Labute approximate surface area is 129 Å². The van der Waals surface area contributed by atoms with Crippen molar-refractivity contribution >= 4 is 29.3 Å². The molecule has 114 valence electrons. The Morgan fingerprint density at radius 3 is 2.95 bits per heavy atom. The number of hydrogen-bond acceptors (Lipinski definition) is 4. The quantitative estimate of drug-likeness (QED) is 0.910. The maximum atomic E-state index is 12.1. The molecule has 2 unspecified atom stereocenters. The lowest BCUT2D eigenvalue weighted by molar-refractivity contribution is -0.135. The number of para-hydroxylation sites is 1. The van der Waals surface area contributed by atoms with Crippen LogP contribution in [-0.2, 0) is 9.53 Å². The molecule has 0 spiro atoms. The van der Waals surface area contributed by atoms with Gasteiger partial charge in [-0.05, 0) is 19.1 Å². The average Bonchev–Trinajstić information content (AvgIpc) is 2.92. The van der Waals surface area contributed by atoms with Gasteiger partial charge in [-0.1, -0.05) is 18.2 Å². The second-order valence-corrected chi connectivity index (χ2v) is 4.98. The molecular formula is C15H19ClN2O3. The lowest BCUT2D eigenvalue weighted by Gasteiger charge is -2.24. The number of nitrogens with one attached hydrogen (secondary N) is 2. The zero-order valence-electron chi connectivity index (χ0n) is 11.8. The van der Waals surface area contributed by atoms with Crippen LogP contribution in [0, 0.1) is 0 Å². The van der Waals surface area contributed by atoms with Crippen LogP contribution in [0.25, 0.3) is 11.0 Å². The van der Waals surface area contributed by atoms with Crippen LogP contribution in [0.3, 0.4) is 0 Å². The first kappa shape index (κ1) is 15.8. The number of halogens is 1. The molecule has 6 heteroatoms. The summed E-state index contributed by atoms with van der Waals surface area (Å²) in [6.07, 6.45) is -0.421. The minimum Gasteiger partial charge on any atom is -0.459 e. The van der Waals surface area contributed by atoms with Crippen molar-refractivity contribution in [3.8, 4) is 0 Å². The largest absolute Gasteiger partial charge is 0.459 e. The molecule has 0 aliphatic carbocycles. The number of carbonyl (C=O) groups excluding carboxylic acids is 1. The molecule has 21 heavy (non-hydrogen) atoms. The number of morpholine rings is 1. The molecule has 2 atom stereocenters. The molecule has 1 fully saturated rings. The van der Waals surface area contributed by atoms with Gasteiger partial charge in [0.2, 0.25) is 0 Å². The number of ether oxygens (including phenoxy) is 1. The lowest BCUT2D eigenvalue weighted by Crippen LogP contribution is -2.48. The smallest absolute Gasteiger partial charge is 0.251 e. The molecule has 0 radical (unpaired) electrons. The summed E-state index contributed by atoms with van der Waals surface area (Å²) in [5.74, 6) is 0.647. The van der Waals surface area contributed by atoms with Crippen LogP contribution in [0.15, 0.2) is 34.7 Å². The Morgan fingerprint density at radius 2 is 2.24 bits per heavy atom. The highest BCUT2D eigenvalue weighted by atomic mass is 35.5. The fraction of sp³-hybridized carbons (Fsp3) is 0.400. The second kappa shape index (κ2) is 6.93. The number of furan rings is 1. The minimum absolute atomic E-state index is 0. The van der Waals surface area contributed by atoms with Crippen molar-refractivity contribution in [2.24, 2.45) is 0 Å². The first-order valence-electron chi connectivity index (χ1n) is 6.85. The Kier molecular flexibility index (Phi) is 5.22. The van der Waals surface area contributed by atoms with Gasteiger partial charge >= 0.3 is 0 Å². The molecular weight excluding hydrogens is 292 g/mol. The van der Waals surface area contributed by atoms with Crippen molar-refractivity contribution in [2.45, 2.75) is 19.1 Å². The van der Waals surface area contributed by atoms with E-state index < -0.39 is 6.10 Å². The summed E-state index contributed by atoms with van der Waals surface area (Å²) in [5.41, 5.74) is 0.833. The topological polar surface area (TPSA) is 63.5 Å². The SMILES string of the molecule is CC(NC(=O)C1CNCCO1)c1cc2ccccc2o1.Cl. The Hall–Kier alpha value is -1.56. The summed E-state index contributed by atoms with van der Waals surface area (Å²) in [6.45, 7) is 3.82. The first-order valence-corrected chi connectivity index (χ1v) is 6.85. The van der Waals surface area contributed by atoms with Crippen LogP contribution in [0.4, 0.5) is 0 Å². The van der Waals surface area contributed by atoms with Crippen LogP contribution in [0.2, 0.25) is 0 Å². The van der Waals surface area contributed by atoms with E-state index in [0.717, 1.165) is 23.3 Å². The van der Waals surface area contributed by atoms with Crippen molar-refractivity contribution in [1.29, 1.82) is 0 Å². The molecule has 2 heterocycles. The monoisotopic (exact) mass is 310 g/mol. The van der Waals surface area contributed by atoms with Crippen LogP contribution in [-0.4, -0.2) is 31.7 Å². The van der Waals surface area contributed by atoms with E-state index in [4.69, 9.17) is 9.15 Å². The molecule has 0 bridgehead atoms. The highest BCUT2D eigenvalue weighted by Crippen LogP contribution is 2.23.